The van der Waals surface area contributed by atoms with Crippen LogP contribution in [0.2, 0.25) is 0 Å². The third-order valence-corrected chi connectivity index (χ3v) is 3.62. The average Bonchev–Trinajstić information content (AvgIpc) is 2.57. The van der Waals surface area contributed by atoms with E-state index in [0.29, 0.717) is 0 Å². The second kappa shape index (κ2) is 9.15. The molecule has 0 amide bonds. The van der Waals surface area contributed by atoms with E-state index in [1.165, 1.54) is 0 Å². The summed E-state index contributed by atoms with van der Waals surface area (Å²) in [5.74, 6) is 0. The summed E-state index contributed by atoms with van der Waals surface area (Å²) in [6.45, 7) is -2.45. The van der Waals surface area contributed by atoms with Crippen LogP contribution >= 0.6 is 0 Å². The number of aliphatic hydroxyl groups is 9. The fourth-order valence-corrected chi connectivity index (χ4v) is 2.16. The van der Waals surface area contributed by atoms with Crippen LogP contribution < -0.4 is 0 Å². The van der Waals surface area contributed by atoms with Gasteiger partial charge in [-0.15, -0.1) is 0 Å². The highest BCUT2D eigenvalue weighted by Crippen LogP contribution is 2.24. The van der Waals surface area contributed by atoms with Crippen molar-refractivity contribution in [3.05, 3.63) is 0 Å². The quantitative estimate of drug-likeness (QED) is 0.203. The van der Waals surface area contributed by atoms with Crippen LogP contribution in [0.15, 0.2) is 0 Å². The molecule has 1 fully saturated rings. The summed E-state index contributed by atoms with van der Waals surface area (Å²) in [7, 11) is 0. The zero-order valence-corrected chi connectivity index (χ0v) is 12.2. The van der Waals surface area contributed by atoms with Crippen molar-refractivity contribution in [2.75, 3.05) is 19.8 Å². The number of aliphatic hydroxyl groups excluding tert-OH is 9. The van der Waals surface area contributed by atoms with Crippen molar-refractivity contribution in [3.63, 3.8) is 0 Å². The van der Waals surface area contributed by atoms with E-state index < -0.39 is 74.9 Å². The standard InChI is InChI=1S/C12H24O11/c13-1-4(16)7(18)11(5(17)2-14)23-12-10(21)9(20)8(19)6(3-15)22-12/h4-21H,1-3H2/t4-,5+,6+,7+,8-,9-,10+,11-,12+/m0/s1. The molecule has 0 aromatic heterocycles. The third kappa shape index (κ3) is 4.78. The molecule has 1 rings (SSSR count). The van der Waals surface area contributed by atoms with E-state index in [4.69, 9.17) is 24.8 Å². The van der Waals surface area contributed by atoms with Crippen LogP contribution in [-0.4, -0.2) is 121 Å². The first-order chi connectivity index (χ1) is 10.8. The molecule has 1 heterocycles. The topological polar surface area (TPSA) is 201 Å². The van der Waals surface area contributed by atoms with Crippen molar-refractivity contribution in [2.45, 2.75) is 55.1 Å². The second-order valence-corrected chi connectivity index (χ2v) is 5.29. The highest BCUT2D eigenvalue weighted by atomic mass is 16.7. The summed E-state index contributed by atoms with van der Waals surface area (Å²) in [5.41, 5.74) is 0. The lowest BCUT2D eigenvalue weighted by Gasteiger charge is -2.42. The van der Waals surface area contributed by atoms with Gasteiger partial charge in [-0.1, -0.05) is 0 Å². The van der Waals surface area contributed by atoms with Crippen LogP contribution in [0.5, 0.6) is 0 Å². The summed E-state index contributed by atoms with van der Waals surface area (Å²) < 4.78 is 10.1. The monoisotopic (exact) mass is 344 g/mol. The minimum atomic E-state index is -1.85. The molecule has 1 aliphatic heterocycles. The summed E-state index contributed by atoms with van der Waals surface area (Å²) in [5, 5.41) is 84.9. The van der Waals surface area contributed by atoms with Gasteiger partial charge in [-0.2, -0.15) is 0 Å². The van der Waals surface area contributed by atoms with Crippen molar-refractivity contribution in [2.24, 2.45) is 0 Å². The summed E-state index contributed by atoms with van der Waals surface area (Å²) in [4.78, 5) is 0. The van der Waals surface area contributed by atoms with Crippen molar-refractivity contribution >= 4 is 0 Å². The maximum Gasteiger partial charge on any atom is 0.187 e. The van der Waals surface area contributed by atoms with Gasteiger partial charge in [0.1, 0.15) is 48.8 Å². The molecule has 11 nitrogen and oxygen atoms in total. The lowest BCUT2D eigenvalue weighted by atomic mass is 9.98. The van der Waals surface area contributed by atoms with Crippen LogP contribution in [0.1, 0.15) is 0 Å². The zero-order chi connectivity index (χ0) is 17.7. The van der Waals surface area contributed by atoms with Crippen molar-refractivity contribution in [3.8, 4) is 0 Å². The average molecular weight is 344 g/mol. The van der Waals surface area contributed by atoms with Gasteiger partial charge in [-0.3, -0.25) is 0 Å². The van der Waals surface area contributed by atoms with Gasteiger partial charge in [-0.25, -0.2) is 0 Å². The minimum Gasteiger partial charge on any atom is -0.394 e. The van der Waals surface area contributed by atoms with Crippen LogP contribution in [-0.2, 0) is 9.47 Å². The number of rotatable bonds is 8. The van der Waals surface area contributed by atoms with E-state index in [2.05, 4.69) is 0 Å². The van der Waals surface area contributed by atoms with E-state index in [1.54, 1.807) is 0 Å². The maximum atomic E-state index is 9.83. The fourth-order valence-electron chi connectivity index (χ4n) is 2.16. The molecule has 1 saturated heterocycles. The Kier molecular flexibility index (Phi) is 8.20. The first-order valence-electron chi connectivity index (χ1n) is 7.00. The minimum absolute atomic E-state index is 0.708. The molecule has 0 unspecified atom stereocenters. The molecular formula is C12H24O11. The lowest BCUT2D eigenvalue weighted by molar-refractivity contribution is -0.327. The molecule has 0 aliphatic carbocycles. The fraction of sp³-hybridized carbons (Fsp3) is 1.00. The summed E-state index contributed by atoms with van der Waals surface area (Å²) in [6.07, 6.45) is -15.1. The first kappa shape index (κ1) is 20.6. The van der Waals surface area contributed by atoms with Gasteiger partial charge in [-0.05, 0) is 0 Å². The van der Waals surface area contributed by atoms with Gasteiger partial charge < -0.3 is 55.4 Å². The third-order valence-electron chi connectivity index (χ3n) is 3.62. The highest BCUT2D eigenvalue weighted by molar-refractivity contribution is 4.91. The van der Waals surface area contributed by atoms with Gasteiger partial charge in [0, 0.05) is 0 Å². The van der Waals surface area contributed by atoms with Gasteiger partial charge in [0.15, 0.2) is 6.29 Å². The van der Waals surface area contributed by atoms with Gasteiger partial charge in [0.2, 0.25) is 0 Å². The molecule has 0 bridgehead atoms. The van der Waals surface area contributed by atoms with Crippen molar-refractivity contribution < 1.29 is 55.4 Å². The van der Waals surface area contributed by atoms with Crippen LogP contribution in [0.25, 0.3) is 0 Å². The zero-order valence-electron chi connectivity index (χ0n) is 12.2. The largest absolute Gasteiger partial charge is 0.394 e. The summed E-state index contributed by atoms with van der Waals surface area (Å²) >= 11 is 0. The smallest absolute Gasteiger partial charge is 0.187 e. The van der Waals surface area contributed by atoms with E-state index >= 15 is 0 Å². The van der Waals surface area contributed by atoms with Gasteiger partial charge in [0.25, 0.3) is 0 Å². The predicted octanol–water partition coefficient (Wildman–Crippen LogP) is -5.76. The Bertz CT molecular complexity index is 341. The Morgan fingerprint density at radius 1 is 0.826 bits per heavy atom. The maximum absolute atomic E-state index is 9.83. The van der Waals surface area contributed by atoms with E-state index in [-0.39, 0.29) is 0 Å². The molecule has 11 heteroatoms. The van der Waals surface area contributed by atoms with Crippen LogP contribution in [0.3, 0.4) is 0 Å². The number of hydrogen-bond donors (Lipinski definition) is 9. The molecule has 0 radical (unpaired) electrons. The molecule has 0 aromatic carbocycles. The Hall–Kier alpha value is -0.440. The van der Waals surface area contributed by atoms with Crippen LogP contribution in [0.4, 0.5) is 0 Å². The highest BCUT2D eigenvalue weighted by Gasteiger charge is 2.46. The molecular weight excluding hydrogens is 320 g/mol. The Morgan fingerprint density at radius 2 is 1.39 bits per heavy atom. The van der Waals surface area contributed by atoms with E-state index in [1.807, 2.05) is 0 Å². The molecule has 9 atom stereocenters. The second-order valence-electron chi connectivity index (χ2n) is 5.29. The normalized spacial score (nSPS) is 37.2. The Morgan fingerprint density at radius 3 is 1.87 bits per heavy atom. The molecule has 0 aromatic rings. The Balaban J connectivity index is 2.89. The molecule has 23 heavy (non-hydrogen) atoms. The Labute approximate surface area is 131 Å². The van der Waals surface area contributed by atoms with Gasteiger partial charge in [0.05, 0.1) is 19.8 Å². The van der Waals surface area contributed by atoms with Crippen molar-refractivity contribution in [1.82, 2.24) is 0 Å². The lowest BCUT2D eigenvalue weighted by Crippen LogP contribution is -2.61. The van der Waals surface area contributed by atoms with Gasteiger partial charge >= 0.3 is 0 Å². The molecule has 0 spiro atoms. The van der Waals surface area contributed by atoms with Crippen LogP contribution in [0, 0.1) is 0 Å². The molecule has 0 saturated carbocycles. The van der Waals surface area contributed by atoms with E-state index in [9.17, 15) is 30.6 Å². The molecule has 9 N–H and O–H groups in total. The van der Waals surface area contributed by atoms with Crippen molar-refractivity contribution in [1.29, 1.82) is 0 Å². The van der Waals surface area contributed by atoms with E-state index in [0.717, 1.165) is 0 Å². The number of ether oxygens (including phenoxy) is 2. The summed E-state index contributed by atoms with van der Waals surface area (Å²) in [6, 6.07) is 0. The molecule has 138 valence electrons. The first-order valence-corrected chi connectivity index (χ1v) is 7.00. The molecule has 1 aliphatic rings. The number of hydrogen-bond acceptors (Lipinski definition) is 11. The predicted molar refractivity (Wildman–Crippen MR) is 70.8 cm³/mol. The SMILES string of the molecule is OC[C@@H](O)[C@H](O[C@H]1O[C@H](CO)[C@H](O)[C@H](O)[C@H]1O)[C@H](O)[C@@H](O)CO.